The molecule has 0 fully saturated rings. The van der Waals surface area contributed by atoms with Gasteiger partial charge in [-0.3, -0.25) is 19.8 Å². The minimum absolute atomic E-state index is 0.0967. The molecule has 7 nitrogen and oxygen atoms in total. The van der Waals surface area contributed by atoms with Crippen LogP contribution in [0.15, 0.2) is 0 Å². The monoisotopic (exact) mass is 273 g/mol. The molecule has 0 saturated heterocycles. The van der Waals surface area contributed by atoms with Gasteiger partial charge in [-0.05, 0) is 19.8 Å². The highest BCUT2D eigenvalue weighted by Gasteiger charge is 2.18. The second-order valence-electron chi connectivity index (χ2n) is 5.04. The van der Waals surface area contributed by atoms with E-state index in [1.807, 2.05) is 13.8 Å². The van der Waals surface area contributed by atoms with Gasteiger partial charge in [0.2, 0.25) is 5.91 Å². The zero-order valence-corrected chi connectivity index (χ0v) is 11.9. The Kier molecular flexibility index (Phi) is 7.74. The molecule has 0 bridgehead atoms. The van der Waals surface area contributed by atoms with Crippen LogP contribution >= 0.6 is 0 Å². The number of amides is 3. The minimum atomic E-state index is -1.01. The summed E-state index contributed by atoms with van der Waals surface area (Å²) >= 11 is 0. The Hall–Kier alpha value is -1.63. The van der Waals surface area contributed by atoms with Crippen molar-refractivity contribution in [1.29, 1.82) is 0 Å². The smallest absolute Gasteiger partial charge is 0.321 e. The zero-order chi connectivity index (χ0) is 15.0. The lowest BCUT2D eigenvalue weighted by Crippen LogP contribution is -2.47. The van der Waals surface area contributed by atoms with E-state index in [2.05, 4.69) is 10.6 Å². The summed E-state index contributed by atoms with van der Waals surface area (Å²) in [4.78, 5) is 35.0. The maximum atomic E-state index is 11.6. The van der Waals surface area contributed by atoms with E-state index in [-0.39, 0.29) is 19.1 Å². The zero-order valence-electron chi connectivity index (χ0n) is 11.9. The van der Waals surface area contributed by atoms with Gasteiger partial charge in [0, 0.05) is 12.6 Å². The van der Waals surface area contributed by atoms with Crippen LogP contribution in [0.25, 0.3) is 0 Å². The molecule has 110 valence electrons. The van der Waals surface area contributed by atoms with Gasteiger partial charge < -0.3 is 10.4 Å². The summed E-state index contributed by atoms with van der Waals surface area (Å²) in [6.07, 6.45) is 0. The fourth-order valence-electron chi connectivity index (χ4n) is 1.29. The number of nitrogens with one attached hydrogen (secondary N) is 2. The number of carboxylic acids is 1. The maximum absolute atomic E-state index is 11.6. The third kappa shape index (κ3) is 9.01. The van der Waals surface area contributed by atoms with E-state index in [9.17, 15) is 14.4 Å². The fourth-order valence-corrected chi connectivity index (χ4v) is 1.29. The summed E-state index contributed by atoms with van der Waals surface area (Å²) in [5.41, 5.74) is 0. The van der Waals surface area contributed by atoms with Gasteiger partial charge in [-0.1, -0.05) is 13.8 Å². The molecule has 3 N–H and O–H groups in total. The molecule has 0 aliphatic carbocycles. The number of aliphatic carboxylic acids is 1. The molecule has 0 atom stereocenters. The van der Waals surface area contributed by atoms with Crippen LogP contribution in [0.1, 0.15) is 27.7 Å². The van der Waals surface area contributed by atoms with Gasteiger partial charge in [-0.15, -0.1) is 0 Å². The Morgan fingerprint density at radius 3 is 2.11 bits per heavy atom. The van der Waals surface area contributed by atoms with Crippen LogP contribution in [0.3, 0.4) is 0 Å². The molecule has 0 saturated carbocycles. The van der Waals surface area contributed by atoms with Crippen molar-refractivity contribution >= 4 is 17.9 Å². The summed E-state index contributed by atoms with van der Waals surface area (Å²) in [6.45, 7) is 7.56. The average molecular weight is 273 g/mol. The highest BCUT2D eigenvalue weighted by Crippen LogP contribution is 1.97. The molecular formula is C12H23N3O4. The van der Waals surface area contributed by atoms with E-state index < -0.39 is 17.9 Å². The van der Waals surface area contributed by atoms with Crippen LogP contribution in [-0.4, -0.2) is 53.6 Å². The van der Waals surface area contributed by atoms with Crippen LogP contribution in [-0.2, 0) is 9.59 Å². The third-order valence-corrected chi connectivity index (χ3v) is 2.34. The second-order valence-corrected chi connectivity index (χ2v) is 5.04. The Balaban J connectivity index is 4.19. The minimum Gasteiger partial charge on any atom is -0.480 e. The molecule has 0 aliphatic rings. The molecule has 0 unspecified atom stereocenters. The number of carboxylic acid groups (broad SMARTS) is 1. The largest absolute Gasteiger partial charge is 0.480 e. The maximum Gasteiger partial charge on any atom is 0.321 e. The van der Waals surface area contributed by atoms with Crippen molar-refractivity contribution in [3.8, 4) is 0 Å². The van der Waals surface area contributed by atoms with E-state index in [0.717, 1.165) is 0 Å². The Morgan fingerprint density at radius 2 is 1.68 bits per heavy atom. The molecule has 0 aromatic carbocycles. The van der Waals surface area contributed by atoms with Gasteiger partial charge in [0.1, 0.15) is 0 Å². The van der Waals surface area contributed by atoms with Gasteiger partial charge in [-0.25, -0.2) is 4.79 Å². The first-order valence-electron chi connectivity index (χ1n) is 6.25. The lowest BCUT2D eigenvalue weighted by Gasteiger charge is -2.23. The normalized spacial score (nSPS) is 10.9. The SMILES string of the molecule is CC(C)CNC(=O)NC(=O)CN(CC(=O)O)C(C)C. The van der Waals surface area contributed by atoms with Crippen molar-refractivity contribution in [2.24, 2.45) is 5.92 Å². The molecule has 3 amide bonds. The number of imide groups is 1. The summed E-state index contributed by atoms with van der Waals surface area (Å²) in [5, 5.41) is 13.4. The van der Waals surface area contributed by atoms with Crippen LogP contribution < -0.4 is 10.6 Å². The molecule has 0 radical (unpaired) electrons. The lowest BCUT2D eigenvalue weighted by atomic mass is 10.2. The van der Waals surface area contributed by atoms with Crippen molar-refractivity contribution in [1.82, 2.24) is 15.5 Å². The number of carbonyl (C=O) groups excluding carboxylic acids is 2. The van der Waals surface area contributed by atoms with Crippen molar-refractivity contribution in [2.45, 2.75) is 33.7 Å². The van der Waals surface area contributed by atoms with E-state index in [1.54, 1.807) is 13.8 Å². The Morgan fingerprint density at radius 1 is 1.11 bits per heavy atom. The Labute approximate surface area is 113 Å². The first-order chi connectivity index (χ1) is 8.72. The summed E-state index contributed by atoms with van der Waals surface area (Å²) in [6, 6.07) is -0.654. The van der Waals surface area contributed by atoms with Gasteiger partial charge in [0.15, 0.2) is 0 Å². The fraction of sp³-hybridized carbons (Fsp3) is 0.750. The molecule has 0 spiro atoms. The van der Waals surface area contributed by atoms with Gasteiger partial charge in [0.25, 0.3) is 0 Å². The number of hydrogen-bond acceptors (Lipinski definition) is 4. The molecule has 0 aliphatic heterocycles. The lowest BCUT2D eigenvalue weighted by molar-refractivity contribution is -0.139. The number of carbonyl (C=O) groups is 3. The number of nitrogens with zero attached hydrogens (tertiary/aromatic N) is 1. The molecule has 7 heteroatoms. The van der Waals surface area contributed by atoms with Crippen molar-refractivity contribution in [2.75, 3.05) is 19.6 Å². The van der Waals surface area contributed by atoms with Crippen LogP contribution in [0.4, 0.5) is 4.79 Å². The topological polar surface area (TPSA) is 98.7 Å². The highest BCUT2D eigenvalue weighted by molar-refractivity contribution is 5.95. The first kappa shape index (κ1) is 17.4. The van der Waals surface area contributed by atoms with E-state index in [1.165, 1.54) is 4.90 Å². The average Bonchev–Trinajstić information content (AvgIpc) is 2.24. The molecule has 0 heterocycles. The molecule has 0 rings (SSSR count). The Bertz CT molecular complexity index is 329. The van der Waals surface area contributed by atoms with Crippen molar-refractivity contribution in [3.63, 3.8) is 0 Å². The van der Waals surface area contributed by atoms with Gasteiger partial charge >= 0.3 is 12.0 Å². The quantitative estimate of drug-likeness (QED) is 0.618. The predicted molar refractivity (Wildman–Crippen MR) is 70.7 cm³/mol. The van der Waals surface area contributed by atoms with Crippen LogP contribution in [0.2, 0.25) is 0 Å². The predicted octanol–water partition coefficient (Wildman–Crippen LogP) is 0.263. The van der Waals surface area contributed by atoms with Crippen molar-refractivity contribution < 1.29 is 19.5 Å². The number of rotatable bonds is 7. The molecule has 0 aromatic heterocycles. The van der Waals surface area contributed by atoms with Gasteiger partial charge in [-0.2, -0.15) is 0 Å². The van der Waals surface area contributed by atoms with E-state index in [0.29, 0.717) is 12.5 Å². The van der Waals surface area contributed by atoms with E-state index in [4.69, 9.17) is 5.11 Å². The molecular weight excluding hydrogens is 250 g/mol. The van der Waals surface area contributed by atoms with Crippen LogP contribution in [0.5, 0.6) is 0 Å². The molecule has 0 aromatic rings. The van der Waals surface area contributed by atoms with Gasteiger partial charge in [0.05, 0.1) is 13.1 Å². The van der Waals surface area contributed by atoms with Crippen molar-refractivity contribution in [3.05, 3.63) is 0 Å². The summed E-state index contributed by atoms with van der Waals surface area (Å²) < 4.78 is 0. The second kappa shape index (κ2) is 8.47. The van der Waals surface area contributed by atoms with Crippen LogP contribution in [0, 0.1) is 5.92 Å². The number of urea groups is 1. The first-order valence-corrected chi connectivity index (χ1v) is 6.25. The highest BCUT2D eigenvalue weighted by atomic mass is 16.4. The summed E-state index contributed by atoms with van der Waals surface area (Å²) in [7, 11) is 0. The third-order valence-electron chi connectivity index (χ3n) is 2.34. The van der Waals surface area contributed by atoms with E-state index >= 15 is 0 Å². The summed E-state index contributed by atoms with van der Waals surface area (Å²) in [5.74, 6) is -1.23. The number of hydrogen-bond donors (Lipinski definition) is 3. The molecule has 19 heavy (non-hydrogen) atoms. The standard InChI is InChI=1S/C12H23N3O4/c1-8(2)5-13-12(19)14-10(16)6-15(9(3)4)7-11(17)18/h8-9H,5-7H2,1-4H3,(H,17,18)(H2,13,14,16,19).